The third-order valence-electron chi connectivity index (χ3n) is 4.92. The van der Waals surface area contributed by atoms with E-state index in [1.807, 2.05) is 6.92 Å². The molecule has 0 radical (unpaired) electrons. The third kappa shape index (κ3) is 2.26. The number of carboxylic acid groups (broad SMARTS) is 1. The number of nitrogen functional groups attached to an aromatic ring is 1. The van der Waals surface area contributed by atoms with Crippen molar-refractivity contribution in [3.8, 4) is 0 Å². The fourth-order valence-electron chi connectivity index (χ4n) is 3.81. The molecular formula is C16H20N2O3. The second-order valence-corrected chi connectivity index (χ2v) is 6.17. The van der Waals surface area contributed by atoms with Gasteiger partial charge >= 0.3 is 5.97 Å². The molecule has 3 atom stereocenters. The summed E-state index contributed by atoms with van der Waals surface area (Å²) < 4.78 is 0. The van der Waals surface area contributed by atoms with E-state index in [2.05, 4.69) is 0 Å². The van der Waals surface area contributed by atoms with Crippen LogP contribution >= 0.6 is 0 Å². The molecule has 1 aromatic carbocycles. The number of likely N-dealkylation sites (tertiary alicyclic amines) is 1. The predicted molar refractivity (Wildman–Crippen MR) is 78.9 cm³/mol. The summed E-state index contributed by atoms with van der Waals surface area (Å²) in [6.45, 7) is 2.41. The number of benzene rings is 1. The fourth-order valence-corrected chi connectivity index (χ4v) is 3.81. The minimum absolute atomic E-state index is 0.112. The van der Waals surface area contributed by atoms with Crippen molar-refractivity contribution in [1.82, 2.24) is 4.90 Å². The van der Waals surface area contributed by atoms with E-state index in [0.717, 1.165) is 24.8 Å². The number of rotatable bonds is 2. The summed E-state index contributed by atoms with van der Waals surface area (Å²) in [5.41, 5.74) is 7.77. The molecule has 1 heterocycles. The fraction of sp³-hybridized carbons (Fsp3) is 0.500. The van der Waals surface area contributed by atoms with Crippen LogP contribution in [0, 0.1) is 18.8 Å². The molecule has 5 nitrogen and oxygen atoms in total. The Balaban J connectivity index is 1.89. The lowest BCUT2D eigenvalue weighted by atomic mass is 9.94. The Hall–Kier alpha value is -2.04. The van der Waals surface area contributed by atoms with Crippen LogP contribution in [0.4, 0.5) is 5.69 Å². The maximum absolute atomic E-state index is 12.7. The molecule has 5 heteroatoms. The number of aryl methyl sites for hydroxylation is 1. The number of hydrogen-bond donors (Lipinski definition) is 2. The summed E-state index contributed by atoms with van der Waals surface area (Å²) >= 11 is 0. The normalized spacial score (nSPS) is 27.7. The van der Waals surface area contributed by atoms with Crippen LogP contribution in [0.3, 0.4) is 0 Å². The summed E-state index contributed by atoms with van der Waals surface area (Å²) in [6, 6.07) is 4.44. The monoisotopic (exact) mass is 288 g/mol. The summed E-state index contributed by atoms with van der Waals surface area (Å²) in [5, 5.41) is 9.51. The molecule has 0 spiro atoms. The largest absolute Gasteiger partial charge is 0.480 e. The number of carboxylic acids is 1. The van der Waals surface area contributed by atoms with E-state index < -0.39 is 12.0 Å². The van der Waals surface area contributed by atoms with Gasteiger partial charge in [-0.15, -0.1) is 0 Å². The summed E-state index contributed by atoms with van der Waals surface area (Å²) in [4.78, 5) is 25.8. The van der Waals surface area contributed by atoms with E-state index >= 15 is 0 Å². The lowest BCUT2D eigenvalue weighted by molar-refractivity contribution is -0.142. The van der Waals surface area contributed by atoms with Crippen molar-refractivity contribution in [3.05, 3.63) is 29.3 Å². The van der Waals surface area contributed by atoms with E-state index in [9.17, 15) is 14.7 Å². The highest BCUT2D eigenvalue weighted by atomic mass is 16.4. The van der Waals surface area contributed by atoms with Crippen LogP contribution < -0.4 is 5.73 Å². The molecule has 1 amide bonds. The number of nitrogens with zero attached hydrogens (tertiary/aromatic N) is 1. The van der Waals surface area contributed by atoms with Crippen molar-refractivity contribution in [3.63, 3.8) is 0 Å². The summed E-state index contributed by atoms with van der Waals surface area (Å²) in [6.07, 6.45) is 3.01. The number of anilines is 1. The quantitative estimate of drug-likeness (QED) is 0.814. The van der Waals surface area contributed by atoms with Gasteiger partial charge in [0, 0.05) is 17.8 Å². The Kier molecular flexibility index (Phi) is 3.35. The lowest BCUT2D eigenvalue weighted by Gasteiger charge is -2.24. The minimum atomic E-state index is -0.884. The number of carbonyl (C=O) groups excluding carboxylic acids is 1. The number of fused-ring (bicyclic) bond motifs is 1. The number of nitrogens with two attached hydrogens (primary N) is 1. The highest BCUT2D eigenvalue weighted by Gasteiger charge is 2.49. The third-order valence-corrected chi connectivity index (χ3v) is 4.92. The lowest BCUT2D eigenvalue weighted by Crippen LogP contribution is -2.43. The van der Waals surface area contributed by atoms with Gasteiger partial charge in [0.05, 0.1) is 0 Å². The molecule has 1 saturated heterocycles. The van der Waals surface area contributed by atoms with Gasteiger partial charge in [-0.3, -0.25) is 4.79 Å². The zero-order chi connectivity index (χ0) is 15.1. The molecule has 2 fully saturated rings. The highest BCUT2D eigenvalue weighted by Crippen LogP contribution is 2.42. The molecule has 1 aliphatic heterocycles. The van der Waals surface area contributed by atoms with Crippen LogP contribution in [-0.2, 0) is 4.79 Å². The zero-order valence-corrected chi connectivity index (χ0v) is 12.1. The Morgan fingerprint density at radius 3 is 2.76 bits per heavy atom. The first kappa shape index (κ1) is 13.9. The average Bonchev–Trinajstić information content (AvgIpc) is 3.00. The first-order chi connectivity index (χ1) is 9.99. The predicted octanol–water partition coefficient (Wildman–Crippen LogP) is 1.90. The Bertz CT molecular complexity index is 599. The molecule has 3 unspecified atom stereocenters. The van der Waals surface area contributed by atoms with Gasteiger partial charge in [0.15, 0.2) is 0 Å². The van der Waals surface area contributed by atoms with Gasteiger partial charge in [-0.1, -0.05) is 6.42 Å². The molecule has 1 aromatic rings. The van der Waals surface area contributed by atoms with Crippen LogP contribution in [0.25, 0.3) is 0 Å². The Morgan fingerprint density at radius 2 is 2.10 bits per heavy atom. The molecule has 2 aliphatic rings. The summed E-state index contributed by atoms with van der Waals surface area (Å²) in [5.74, 6) is -0.629. The number of carbonyl (C=O) groups is 2. The topological polar surface area (TPSA) is 83.6 Å². The molecule has 1 saturated carbocycles. The van der Waals surface area contributed by atoms with E-state index in [0.29, 0.717) is 23.7 Å². The Labute approximate surface area is 123 Å². The molecule has 0 bridgehead atoms. The van der Waals surface area contributed by atoms with Crippen molar-refractivity contribution in [2.45, 2.75) is 32.2 Å². The average molecular weight is 288 g/mol. The van der Waals surface area contributed by atoms with E-state index in [-0.39, 0.29) is 11.8 Å². The van der Waals surface area contributed by atoms with Crippen LogP contribution in [0.15, 0.2) is 18.2 Å². The summed E-state index contributed by atoms with van der Waals surface area (Å²) in [7, 11) is 0. The van der Waals surface area contributed by atoms with Crippen molar-refractivity contribution >= 4 is 17.6 Å². The van der Waals surface area contributed by atoms with Gasteiger partial charge < -0.3 is 15.7 Å². The van der Waals surface area contributed by atoms with Gasteiger partial charge in [-0.25, -0.2) is 4.79 Å². The molecular weight excluding hydrogens is 268 g/mol. The number of hydrogen-bond acceptors (Lipinski definition) is 3. The standard InChI is InChI=1S/C16H20N2O3/c1-9-7-10(5-6-13(9)17)15(19)18-8-11-3-2-4-12(11)14(18)16(20)21/h5-7,11-12,14H,2-4,8,17H2,1H3,(H,20,21). The van der Waals surface area contributed by atoms with E-state index in [1.165, 1.54) is 0 Å². The Morgan fingerprint density at radius 1 is 1.33 bits per heavy atom. The van der Waals surface area contributed by atoms with Crippen molar-refractivity contribution in [2.75, 3.05) is 12.3 Å². The maximum Gasteiger partial charge on any atom is 0.326 e. The van der Waals surface area contributed by atoms with Crippen molar-refractivity contribution in [2.24, 2.45) is 11.8 Å². The van der Waals surface area contributed by atoms with Gasteiger partial charge in [0.1, 0.15) is 6.04 Å². The van der Waals surface area contributed by atoms with Gasteiger partial charge in [-0.05, 0) is 55.4 Å². The molecule has 3 rings (SSSR count). The maximum atomic E-state index is 12.7. The SMILES string of the molecule is Cc1cc(C(=O)N2CC3CCCC3C2C(=O)O)ccc1N. The van der Waals surface area contributed by atoms with Crippen molar-refractivity contribution < 1.29 is 14.7 Å². The second kappa shape index (κ2) is 5.06. The molecule has 3 N–H and O–H groups in total. The van der Waals surface area contributed by atoms with Crippen LogP contribution in [0.2, 0.25) is 0 Å². The minimum Gasteiger partial charge on any atom is -0.480 e. The van der Waals surface area contributed by atoms with Gasteiger partial charge in [0.2, 0.25) is 0 Å². The highest BCUT2D eigenvalue weighted by molar-refractivity contribution is 5.97. The zero-order valence-electron chi connectivity index (χ0n) is 12.1. The molecule has 21 heavy (non-hydrogen) atoms. The van der Waals surface area contributed by atoms with E-state index in [1.54, 1.807) is 23.1 Å². The van der Waals surface area contributed by atoms with E-state index in [4.69, 9.17) is 5.73 Å². The van der Waals surface area contributed by atoms with Crippen LogP contribution in [0.1, 0.15) is 35.2 Å². The molecule has 0 aromatic heterocycles. The van der Waals surface area contributed by atoms with Crippen LogP contribution in [-0.4, -0.2) is 34.5 Å². The van der Waals surface area contributed by atoms with Gasteiger partial charge in [0.25, 0.3) is 5.91 Å². The second-order valence-electron chi connectivity index (χ2n) is 6.17. The number of aliphatic carboxylic acids is 1. The first-order valence-electron chi connectivity index (χ1n) is 7.39. The first-order valence-corrected chi connectivity index (χ1v) is 7.39. The number of amides is 1. The smallest absolute Gasteiger partial charge is 0.326 e. The van der Waals surface area contributed by atoms with Gasteiger partial charge in [-0.2, -0.15) is 0 Å². The molecule has 112 valence electrons. The molecule has 1 aliphatic carbocycles. The van der Waals surface area contributed by atoms with Crippen molar-refractivity contribution in [1.29, 1.82) is 0 Å². The van der Waals surface area contributed by atoms with Crippen LogP contribution in [0.5, 0.6) is 0 Å².